The van der Waals surface area contributed by atoms with Crippen molar-refractivity contribution in [1.29, 1.82) is 0 Å². The molecule has 0 unspecified atom stereocenters. The lowest BCUT2D eigenvalue weighted by Gasteiger charge is -2.05. The largest absolute Gasteiger partial charge is 0.365 e. The van der Waals surface area contributed by atoms with Gasteiger partial charge in [-0.3, -0.25) is 4.79 Å². The molecule has 2 aromatic heterocycles. The average molecular weight is 249 g/mol. The molecule has 5 heteroatoms. The maximum atomic E-state index is 11.3. The van der Waals surface area contributed by atoms with Crippen molar-refractivity contribution in [2.24, 2.45) is 0 Å². The zero-order valence-electron chi connectivity index (χ0n) is 9.91. The molecule has 0 saturated heterocycles. The van der Waals surface area contributed by atoms with E-state index in [9.17, 15) is 4.79 Å². The molecule has 0 spiro atoms. The van der Waals surface area contributed by atoms with E-state index in [0.29, 0.717) is 11.6 Å². The van der Waals surface area contributed by atoms with Crippen molar-refractivity contribution in [2.45, 2.75) is 26.8 Å². The highest BCUT2D eigenvalue weighted by Gasteiger charge is 2.03. The van der Waals surface area contributed by atoms with Gasteiger partial charge in [-0.25, -0.2) is 4.98 Å². The Bertz CT molecular complexity index is 559. The molecule has 2 rings (SSSR count). The number of aryl methyl sites for hydroxylation is 2. The molecular weight excluding hydrogens is 234 g/mol. The summed E-state index contributed by atoms with van der Waals surface area (Å²) in [6.07, 6.45) is 1.03. The quantitative estimate of drug-likeness (QED) is 0.874. The maximum absolute atomic E-state index is 11.3. The van der Waals surface area contributed by atoms with Crippen LogP contribution in [-0.4, -0.2) is 9.97 Å². The summed E-state index contributed by atoms with van der Waals surface area (Å²) >= 11 is 1.73. The minimum atomic E-state index is -0.123. The average Bonchev–Trinajstić information content (AvgIpc) is 2.72. The monoisotopic (exact) mass is 249 g/mol. The Morgan fingerprint density at radius 3 is 3.06 bits per heavy atom. The van der Waals surface area contributed by atoms with Gasteiger partial charge in [0.25, 0.3) is 5.56 Å². The van der Waals surface area contributed by atoms with E-state index >= 15 is 0 Å². The number of nitrogens with zero attached hydrogens (tertiary/aromatic N) is 1. The molecule has 0 amide bonds. The van der Waals surface area contributed by atoms with Crippen LogP contribution in [0.25, 0.3) is 0 Å². The number of nitrogens with one attached hydrogen (secondary N) is 2. The summed E-state index contributed by atoms with van der Waals surface area (Å²) in [6.45, 7) is 4.63. The van der Waals surface area contributed by atoms with E-state index in [1.807, 2.05) is 0 Å². The number of H-pyrrole nitrogens is 1. The van der Waals surface area contributed by atoms with E-state index in [0.717, 1.165) is 13.0 Å². The van der Waals surface area contributed by atoms with Gasteiger partial charge in [-0.05, 0) is 30.4 Å². The zero-order chi connectivity index (χ0) is 12.3. The molecule has 0 saturated carbocycles. The van der Waals surface area contributed by atoms with Gasteiger partial charge >= 0.3 is 0 Å². The minimum absolute atomic E-state index is 0.123. The van der Waals surface area contributed by atoms with Crippen molar-refractivity contribution in [3.05, 3.63) is 44.1 Å². The SMILES string of the molecule is CCc1ccsc1CNc1cc(=O)[nH]c(C)n1. The highest BCUT2D eigenvalue weighted by Crippen LogP contribution is 2.18. The standard InChI is InChI=1S/C12H15N3OS/c1-3-9-4-5-17-10(9)7-13-11-6-12(16)15-8(2)14-11/h4-6H,3,7H2,1-2H3,(H2,13,14,15,16). The van der Waals surface area contributed by atoms with Gasteiger partial charge in [0, 0.05) is 10.9 Å². The van der Waals surface area contributed by atoms with Crippen molar-refractivity contribution >= 4 is 17.2 Å². The van der Waals surface area contributed by atoms with Gasteiger partial charge in [0.2, 0.25) is 0 Å². The Labute approximate surface area is 104 Å². The fraction of sp³-hybridized carbons (Fsp3) is 0.333. The molecule has 0 radical (unpaired) electrons. The minimum Gasteiger partial charge on any atom is -0.365 e. The number of aromatic nitrogens is 2. The normalized spacial score (nSPS) is 10.5. The van der Waals surface area contributed by atoms with E-state index in [4.69, 9.17) is 0 Å². The van der Waals surface area contributed by atoms with Crippen molar-refractivity contribution < 1.29 is 0 Å². The Balaban J connectivity index is 2.09. The van der Waals surface area contributed by atoms with Crippen LogP contribution >= 0.6 is 11.3 Å². The lowest BCUT2D eigenvalue weighted by atomic mass is 10.2. The van der Waals surface area contributed by atoms with E-state index in [1.54, 1.807) is 18.3 Å². The third-order valence-corrected chi connectivity index (χ3v) is 3.47. The fourth-order valence-corrected chi connectivity index (χ4v) is 2.59. The Morgan fingerprint density at radius 1 is 1.53 bits per heavy atom. The molecule has 0 aliphatic rings. The van der Waals surface area contributed by atoms with Gasteiger partial charge in [-0.2, -0.15) is 0 Å². The Hall–Kier alpha value is -1.62. The molecule has 0 bridgehead atoms. The second-order valence-corrected chi connectivity index (χ2v) is 4.79. The summed E-state index contributed by atoms with van der Waals surface area (Å²) in [5.74, 6) is 1.25. The van der Waals surface area contributed by atoms with Crippen LogP contribution < -0.4 is 10.9 Å². The smallest absolute Gasteiger partial charge is 0.252 e. The molecule has 0 fully saturated rings. The van der Waals surface area contributed by atoms with Gasteiger partial charge in [-0.15, -0.1) is 11.3 Å². The summed E-state index contributed by atoms with van der Waals surface area (Å²) in [6, 6.07) is 3.62. The van der Waals surface area contributed by atoms with Gasteiger partial charge in [0.05, 0.1) is 6.54 Å². The van der Waals surface area contributed by atoms with Crippen LogP contribution in [0.1, 0.15) is 23.2 Å². The highest BCUT2D eigenvalue weighted by atomic mass is 32.1. The number of rotatable bonds is 4. The maximum Gasteiger partial charge on any atom is 0.252 e. The number of anilines is 1. The molecule has 0 aromatic carbocycles. The van der Waals surface area contributed by atoms with Crippen LogP contribution in [0.4, 0.5) is 5.82 Å². The van der Waals surface area contributed by atoms with Gasteiger partial charge in [0.15, 0.2) is 0 Å². The van der Waals surface area contributed by atoms with E-state index in [1.165, 1.54) is 16.5 Å². The zero-order valence-corrected chi connectivity index (χ0v) is 10.7. The van der Waals surface area contributed by atoms with Gasteiger partial charge < -0.3 is 10.3 Å². The first-order chi connectivity index (χ1) is 8.19. The summed E-state index contributed by atoms with van der Waals surface area (Å²) in [7, 11) is 0. The van der Waals surface area contributed by atoms with Gasteiger partial charge in [-0.1, -0.05) is 6.92 Å². The van der Waals surface area contributed by atoms with Crippen LogP contribution in [0.5, 0.6) is 0 Å². The van der Waals surface area contributed by atoms with Crippen LogP contribution in [0.2, 0.25) is 0 Å². The van der Waals surface area contributed by atoms with Crippen LogP contribution in [0, 0.1) is 6.92 Å². The van der Waals surface area contributed by atoms with E-state index < -0.39 is 0 Å². The lowest BCUT2D eigenvalue weighted by Crippen LogP contribution is -2.11. The lowest BCUT2D eigenvalue weighted by molar-refractivity contribution is 0.995. The number of aromatic amines is 1. The number of hydrogen-bond acceptors (Lipinski definition) is 4. The van der Waals surface area contributed by atoms with Crippen LogP contribution in [-0.2, 0) is 13.0 Å². The van der Waals surface area contributed by atoms with Crippen molar-refractivity contribution in [3.63, 3.8) is 0 Å². The summed E-state index contributed by atoms with van der Waals surface area (Å²) < 4.78 is 0. The second kappa shape index (κ2) is 5.14. The summed E-state index contributed by atoms with van der Waals surface area (Å²) in [5, 5.41) is 5.27. The Morgan fingerprint density at radius 2 is 2.35 bits per heavy atom. The Kier molecular flexibility index (Phi) is 3.58. The first-order valence-electron chi connectivity index (χ1n) is 5.56. The van der Waals surface area contributed by atoms with E-state index in [-0.39, 0.29) is 5.56 Å². The van der Waals surface area contributed by atoms with Crippen molar-refractivity contribution in [3.8, 4) is 0 Å². The third-order valence-electron chi connectivity index (χ3n) is 2.51. The number of hydrogen-bond donors (Lipinski definition) is 2. The predicted molar refractivity (Wildman–Crippen MR) is 70.6 cm³/mol. The molecule has 90 valence electrons. The predicted octanol–water partition coefficient (Wildman–Crippen LogP) is 2.31. The molecule has 0 atom stereocenters. The summed E-state index contributed by atoms with van der Waals surface area (Å²) in [4.78, 5) is 19.4. The van der Waals surface area contributed by atoms with Crippen molar-refractivity contribution in [1.82, 2.24) is 9.97 Å². The molecular formula is C12H15N3OS. The second-order valence-electron chi connectivity index (χ2n) is 3.79. The third kappa shape index (κ3) is 2.94. The van der Waals surface area contributed by atoms with E-state index in [2.05, 4.69) is 33.7 Å². The molecule has 2 aromatic rings. The van der Waals surface area contributed by atoms with Crippen LogP contribution in [0.15, 0.2) is 22.3 Å². The molecule has 0 aliphatic heterocycles. The van der Waals surface area contributed by atoms with Crippen molar-refractivity contribution in [2.75, 3.05) is 5.32 Å². The molecule has 4 nitrogen and oxygen atoms in total. The molecule has 17 heavy (non-hydrogen) atoms. The summed E-state index contributed by atoms with van der Waals surface area (Å²) in [5.41, 5.74) is 1.23. The first kappa shape index (κ1) is 11.9. The fourth-order valence-electron chi connectivity index (χ4n) is 1.68. The molecule has 0 aliphatic carbocycles. The first-order valence-corrected chi connectivity index (χ1v) is 6.44. The highest BCUT2D eigenvalue weighted by molar-refractivity contribution is 7.10. The molecule has 2 N–H and O–H groups in total. The topological polar surface area (TPSA) is 57.8 Å². The number of thiophene rings is 1. The van der Waals surface area contributed by atoms with Crippen LogP contribution in [0.3, 0.4) is 0 Å². The van der Waals surface area contributed by atoms with Gasteiger partial charge in [0.1, 0.15) is 11.6 Å². The molecule has 2 heterocycles.